The fraction of sp³-hybridized carbons (Fsp3) is 0.947. The number of likely N-dealkylation sites (tertiary alicyclic amines) is 2. The molecule has 1 N–H and O–H groups in total. The summed E-state index contributed by atoms with van der Waals surface area (Å²) in [6, 6.07) is 0.122. The maximum Gasteiger partial charge on any atom is 0.317 e. The highest BCUT2D eigenvalue weighted by Crippen LogP contribution is 2.39. The molecule has 1 atom stereocenters. The van der Waals surface area contributed by atoms with Crippen LogP contribution in [0.15, 0.2) is 0 Å². The SMILES string of the molecule is CC1CCCN(C(C)(C)CNC(=O)N2CCC3(CCOCC3)C2)C1. The highest BCUT2D eigenvalue weighted by Gasteiger charge is 2.41. The van der Waals surface area contributed by atoms with E-state index in [-0.39, 0.29) is 11.6 Å². The van der Waals surface area contributed by atoms with Crippen molar-refractivity contribution in [2.24, 2.45) is 11.3 Å². The van der Waals surface area contributed by atoms with E-state index in [2.05, 4.69) is 31.0 Å². The number of hydrogen-bond donors (Lipinski definition) is 1. The minimum atomic E-state index is 0.0282. The van der Waals surface area contributed by atoms with Gasteiger partial charge in [-0.15, -0.1) is 0 Å². The van der Waals surface area contributed by atoms with Gasteiger partial charge >= 0.3 is 6.03 Å². The molecule has 3 rings (SSSR count). The van der Waals surface area contributed by atoms with E-state index in [1.54, 1.807) is 0 Å². The predicted molar refractivity (Wildman–Crippen MR) is 96.1 cm³/mol. The first-order valence-electron chi connectivity index (χ1n) is 9.76. The molecule has 0 aromatic heterocycles. The molecule has 138 valence electrons. The zero-order valence-corrected chi connectivity index (χ0v) is 15.8. The number of amides is 2. The molecule has 0 bridgehead atoms. The summed E-state index contributed by atoms with van der Waals surface area (Å²) in [5.41, 5.74) is 0.355. The Morgan fingerprint density at radius 3 is 2.71 bits per heavy atom. The third-order valence-electron chi connectivity index (χ3n) is 6.46. The normalized spacial score (nSPS) is 28.3. The van der Waals surface area contributed by atoms with Crippen molar-refractivity contribution in [3.8, 4) is 0 Å². The Hall–Kier alpha value is -0.810. The maximum atomic E-state index is 12.6. The van der Waals surface area contributed by atoms with Crippen molar-refractivity contribution < 1.29 is 9.53 Å². The smallest absolute Gasteiger partial charge is 0.317 e. The highest BCUT2D eigenvalue weighted by molar-refractivity contribution is 5.74. The standard InChI is InChI=1S/C19H35N3O2/c1-16-5-4-9-22(13-16)18(2,3)14-20-17(23)21-10-6-19(15-21)7-11-24-12-8-19/h16H,4-15H2,1-3H3,(H,20,23). The summed E-state index contributed by atoms with van der Waals surface area (Å²) < 4.78 is 5.50. The first kappa shape index (κ1) is 18.0. The molecule has 3 aliphatic rings. The fourth-order valence-electron chi connectivity index (χ4n) is 4.58. The van der Waals surface area contributed by atoms with Gasteiger partial charge in [-0.2, -0.15) is 0 Å². The van der Waals surface area contributed by atoms with E-state index in [1.807, 2.05) is 4.90 Å². The average Bonchev–Trinajstić information content (AvgIpc) is 2.97. The molecule has 0 saturated carbocycles. The van der Waals surface area contributed by atoms with Crippen molar-refractivity contribution >= 4 is 6.03 Å². The molecule has 3 saturated heterocycles. The van der Waals surface area contributed by atoms with Crippen LogP contribution in [0.25, 0.3) is 0 Å². The number of carbonyl (C=O) groups is 1. The number of piperidine rings is 1. The quantitative estimate of drug-likeness (QED) is 0.861. The zero-order valence-electron chi connectivity index (χ0n) is 15.8. The molecule has 0 aromatic carbocycles. The second kappa shape index (κ2) is 7.20. The lowest BCUT2D eigenvalue weighted by molar-refractivity contribution is 0.0207. The van der Waals surface area contributed by atoms with Crippen molar-refractivity contribution in [3.63, 3.8) is 0 Å². The van der Waals surface area contributed by atoms with E-state index in [0.29, 0.717) is 5.41 Å². The Kier molecular flexibility index (Phi) is 5.40. The summed E-state index contributed by atoms with van der Waals surface area (Å²) in [7, 11) is 0. The van der Waals surface area contributed by atoms with Gasteiger partial charge in [-0.3, -0.25) is 4.90 Å². The molecular weight excluding hydrogens is 302 g/mol. The van der Waals surface area contributed by atoms with Crippen LogP contribution >= 0.6 is 0 Å². The summed E-state index contributed by atoms with van der Waals surface area (Å²) in [6.07, 6.45) is 5.95. The van der Waals surface area contributed by atoms with Crippen LogP contribution in [-0.4, -0.2) is 67.3 Å². The van der Waals surface area contributed by atoms with Gasteiger partial charge in [0.05, 0.1) is 0 Å². The van der Waals surface area contributed by atoms with Gasteiger partial charge in [0.1, 0.15) is 0 Å². The molecule has 3 heterocycles. The first-order chi connectivity index (χ1) is 11.4. The number of hydrogen-bond acceptors (Lipinski definition) is 3. The third-order valence-corrected chi connectivity index (χ3v) is 6.46. The number of urea groups is 1. The van der Waals surface area contributed by atoms with Crippen LogP contribution in [0.2, 0.25) is 0 Å². The van der Waals surface area contributed by atoms with Crippen LogP contribution in [0.1, 0.15) is 52.9 Å². The fourth-order valence-corrected chi connectivity index (χ4v) is 4.58. The van der Waals surface area contributed by atoms with Gasteiger partial charge in [0, 0.05) is 44.9 Å². The van der Waals surface area contributed by atoms with Crippen LogP contribution in [0.4, 0.5) is 4.79 Å². The lowest BCUT2D eigenvalue weighted by atomic mass is 9.80. The summed E-state index contributed by atoms with van der Waals surface area (Å²) >= 11 is 0. The summed E-state index contributed by atoms with van der Waals surface area (Å²) in [6.45, 7) is 13.4. The number of nitrogens with zero attached hydrogens (tertiary/aromatic N) is 2. The number of ether oxygens (including phenoxy) is 1. The second-order valence-electron chi connectivity index (χ2n) is 8.95. The average molecular weight is 338 g/mol. The minimum absolute atomic E-state index is 0.0282. The molecule has 2 amide bonds. The molecular formula is C19H35N3O2. The minimum Gasteiger partial charge on any atom is -0.381 e. The van der Waals surface area contributed by atoms with E-state index in [0.717, 1.165) is 71.1 Å². The van der Waals surface area contributed by atoms with Crippen LogP contribution in [0, 0.1) is 11.3 Å². The first-order valence-corrected chi connectivity index (χ1v) is 9.76. The van der Waals surface area contributed by atoms with E-state index < -0.39 is 0 Å². The third kappa shape index (κ3) is 4.05. The molecule has 0 aliphatic carbocycles. The monoisotopic (exact) mass is 337 g/mol. The van der Waals surface area contributed by atoms with Gasteiger partial charge in [-0.05, 0) is 63.8 Å². The van der Waals surface area contributed by atoms with Gasteiger partial charge in [-0.1, -0.05) is 6.92 Å². The largest absolute Gasteiger partial charge is 0.381 e. The number of carbonyl (C=O) groups excluding carboxylic acids is 1. The van der Waals surface area contributed by atoms with E-state index in [1.165, 1.54) is 12.8 Å². The maximum absolute atomic E-state index is 12.6. The van der Waals surface area contributed by atoms with Gasteiger partial charge in [0.2, 0.25) is 0 Å². The molecule has 1 spiro atoms. The number of rotatable bonds is 3. The van der Waals surface area contributed by atoms with E-state index in [4.69, 9.17) is 4.74 Å². The Morgan fingerprint density at radius 1 is 1.25 bits per heavy atom. The number of nitrogens with one attached hydrogen (secondary N) is 1. The van der Waals surface area contributed by atoms with Gasteiger partial charge < -0.3 is 15.0 Å². The Labute approximate surface area is 147 Å². The van der Waals surface area contributed by atoms with Crippen LogP contribution in [0.5, 0.6) is 0 Å². The second-order valence-corrected chi connectivity index (χ2v) is 8.95. The molecule has 0 aromatic rings. The van der Waals surface area contributed by atoms with Gasteiger partial charge in [0.25, 0.3) is 0 Å². The lowest BCUT2D eigenvalue weighted by Crippen LogP contribution is -2.56. The van der Waals surface area contributed by atoms with Crippen molar-refractivity contribution in [1.29, 1.82) is 0 Å². The topological polar surface area (TPSA) is 44.8 Å². The molecule has 3 aliphatic heterocycles. The van der Waals surface area contributed by atoms with Crippen molar-refractivity contribution in [2.45, 2.75) is 58.4 Å². The van der Waals surface area contributed by atoms with E-state index in [9.17, 15) is 4.79 Å². The van der Waals surface area contributed by atoms with Gasteiger partial charge in [0.15, 0.2) is 0 Å². The summed E-state index contributed by atoms with van der Waals surface area (Å²) in [5.74, 6) is 0.765. The summed E-state index contributed by atoms with van der Waals surface area (Å²) in [5, 5.41) is 3.21. The molecule has 3 fully saturated rings. The van der Waals surface area contributed by atoms with Crippen molar-refractivity contribution in [2.75, 3.05) is 45.9 Å². The molecule has 5 nitrogen and oxygen atoms in total. The molecule has 5 heteroatoms. The van der Waals surface area contributed by atoms with Crippen LogP contribution < -0.4 is 5.32 Å². The van der Waals surface area contributed by atoms with Crippen LogP contribution in [-0.2, 0) is 4.74 Å². The van der Waals surface area contributed by atoms with Crippen LogP contribution in [0.3, 0.4) is 0 Å². The van der Waals surface area contributed by atoms with E-state index >= 15 is 0 Å². The lowest BCUT2D eigenvalue weighted by Gasteiger charge is -2.43. The van der Waals surface area contributed by atoms with Gasteiger partial charge in [-0.25, -0.2) is 4.79 Å². The highest BCUT2D eigenvalue weighted by atomic mass is 16.5. The zero-order chi connectivity index (χ0) is 17.2. The molecule has 0 radical (unpaired) electrons. The Bertz CT molecular complexity index is 446. The summed E-state index contributed by atoms with van der Waals surface area (Å²) in [4.78, 5) is 17.2. The molecule has 24 heavy (non-hydrogen) atoms. The predicted octanol–water partition coefficient (Wildman–Crippen LogP) is 2.71. The molecule has 1 unspecified atom stereocenters. The Morgan fingerprint density at radius 2 is 2.00 bits per heavy atom. The van der Waals surface area contributed by atoms with Crippen molar-refractivity contribution in [1.82, 2.24) is 15.1 Å². The van der Waals surface area contributed by atoms with Crippen molar-refractivity contribution in [3.05, 3.63) is 0 Å². The Balaban J connectivity index is 1.48.